The van der Waals surface area contributed by atoms with Gasteiger partial charge in [0.1, 0.15) is 11.6 Å². The van der Waals surface area contributed by atoms with Gasteiger partial charge in [0.15, 0.2) is 0 Å². The Morgan fingerprint density at radius 1 is 1.06 bits per heavy atom. The third kappa shape index (κ3) is 1.92. The molecule has 1 aromatic rings. The number of fused-ring (bicyclic) bond motifs is 1. The van der Waals surface area contributed by atoms with Gasteiger partial charge < -0.3 is 5.32 Å². The normalized spacial score (nSPS) is 21.5. The standard InChI is InChI=1S/C14H21N3/c1-14(8-9-14)13-16-11-7-5-3-4-6-10(11)12(15-2)17-13/h3-9H2,1-2H3,(H,15,16,17). The van der Waals surface area contributed by atoms with Crippen LogP contribution < -0.4 is 5.32 Å². The Balaban J connectivity index is 2.07. The lowest BCUT2D eigenvalue weighted by Gasteiger charge is -2.15. The van der Waals surface area contributed by atoms with Crippen LogP contribution in [0.15, 0.2) is 0 Å². The monoisotopic (exact) mass is 231 g/mol. The van der Waals surface area contributed by atoms with Crippen molar-refractivity contribution in [3.05, 3.63) is 17.1 Å². The molecule has 3 heteroatoms. The van der Waals surface area contributed by atoms with Crippen molar-refractivity contribution in [3.8, 4) is 0 Å². The van der Waals surface area contributed by atoms with Gasteiger partial charge in [-0.1, -0.05) is 13.3 Å². The summed E-state index contributed by atoms with van der Waals surface area (Å²) in [4.78, 5) is 9.62. The van der Waals surface area contributed by atoms with Crippen molar-refractivity contribution in [3.63, 3.8) is 0 Å². The largest absolute Gasteiger partial charge is 0.373 e. The Hall–Kier alpha value is -1.12. The molecule has 0 amide bonds. The van der Waals surface area contributed by atoms with E-state index in [1.807, 2.05) is 7.05 Å². The number of nitrogens with one attached hydrogen (secondary N) is 1. The minimum atomic E-state index is 0.271. The van der Waals surface area contributed by atoms with Gasteiger partial charge in [0.05, 0.1) is 0 Å². The summed E-state index contributed by atoms with van der Waals surface area (Å²) in [6.45, 7) is 2.28. The fourth-order valence-electron chi connectivity index (χ4n) is 2.66. The second-order valence-electron chi connectivity index (χ2n) is 5.69. The van der Waals surface area contributed by atoms with Gasteiger partial charge in [0.25, 0.3) is 0 Å². The van der Waals surface area contributed by atoms with Crippen LogP contribution in [0.4, 0.5) is 5.82 Å². The second kappa shape index (κ2) is 3.97. The molecule has 1 fully saturated rings. The first kappa shape index (κ1) is 11.0. The van der Waals surface area contributed by atoms with Gasteiger partial charge in [-0.05, 0) is 38.5 Å². The van der Waals surface area contributed by atoms with Crippen LogP contribution in [0.5, 0.6) is 0 Å². The molecule has 0 atom stereocenters. The fourth-order valence-corrected chi connectivity index (χ4v) is 2.66. The van der Waals surface area contributed by atoms with Gasteiger partial charge in [-0.3, -0.25) is 0 Å². The van der Waals surface area contributed by atoms with Crippen molar-refractivity contribution in [2.24, 2.45) is 0 Å². The Labute approximate surface area is 103 Å². The summed E-state index contributed by atoms with van der Waals surface area (Å²) in [5.74, 6) is 2.16. The Morgan fingerprint density at radius 2 is 1.82 bits per heavy atom. The molecule has 1 saturated carbocycles. The first-order valence-corrected chi connectivity index (χ1v) is 6.81. The summed E-state index contributed by atoms with van der Waals surface area (Å²) in [5.41, 5.74) is 2.95. The number of hydrogen-bond acceptors (Lipinski definition) is 3. The van der Waals surface area contributed by atoms with Crippen LogP contribution in [0.1, 0.15) is 56.1 Å². The van der Waals surface area contributed by atoms with Gasteiger partial charge >= 0.3 is 0 Å². The fraction of sp³-hybridized carbons (Fsp3) is 0.714. The molecule has 2 aliphatic carbocycles. The van der Waals surface area contributed by atoms with E-state index in [9.17, 15) is 0 Å². The topological polar surface area (TPSA) is 37.8 Å². The highest BCUT2D eigenvalue weighted by molar-refractivity contribution is 5.48. The molecule has 3 nitrogen and oxygen atoms in total. The zero-order valence-electron chi connectivity index (χ0n) is 10.8. The van der Waals surface area contributed by atoms with Crippen LogP contribution in [-0.4, -0.2) is 17.0 Å². The summed E-state index contributed by atoms with van der Waals surface area (Å²) in [7, 11) is 1.98. The molecule has 0 unspecified atom stereocenters. The lowest BCUT2D eigenvalue weighted by Crippen LogP contribution is -2.14. The smallest absolute Gasteiger partial charge is 0.136 e. The predicted molar refractivity (Wildman–Crippen MR) is 69.4 cm³/mol. The molecule has 0 aromatic carbocycles. The molecule has 0 bridgehead atoms. The maximum atomic E-state index is 4.86. The second-order valence-corrected chi connectivity index (χ2v) is 5.69. The van der Waals surface area contributed by atoms with Crippen LogP contribution in [0.3, 0.4) is 0 Å². The maximum Gasteiger partial charge on any atom is 0.136 e. The highest BCUT2D eigenvalue weighted by Crippen LogP contribution is 2.46. The number of rotatable bonds is 2. The Kier molecular flexibility index (Phi) is 2.57. The van der Waals surface area contributed by atoms with Crippen molar-refractivity contribution < 1.29 is 0 Å². The molecule has 1 aromatic heterocycles. The van der Waals surface area contributed by atoms with Crippen molar-refractivity contribution >= 4 is 5.82 Å². The molecule has 2 aliphatic rings. The van der Waals surface area contributed by atoms with E-state index >= 15 is 0 Å². The first-order valence-electron chi connectivity index (χ1n) is 6.81. The molecule has 3 rings (SSSR count). The van der Waals surface area contributed by atoms with E-state index in [0.29, 0.717) is 0 Å². The van der Waals surface area contributed by atoms with Crippen molar-refractivity contribution in [2.75, 3.05) is 12.4 Å². The van der Waals surface area contributed by atoms with Gasteiger partial charge in [-0.2, -0.15) is 0 Å². The zero-order valence-corrected chi connectivity index (χ0v) is 10.8. The van der Waals surface area contributed by atoms with Crippen LogP contribution in [0.2, 0.25) is 0 Å². The van der Waals surface area contributed by atoms with Gasteiger partial charge in [-0.25, -0.2) is 9.97 Å². The lowest BCUT2D eigenvalue weighted by molar-refractivity contribution is 0.687. The van der Waals surface area contributed by atoms with Crippen LogP contribution >= 0.6 is 0 Å². The molecule has 0 saturated heterocycles. The summed E-state index contributed by atoms with van der Waals surface area (Å²) < 4.78 is 0. The predicted octanol–water partition coefficient (Wildman–Crippen LogP) is 2.84. The molecule has 1 heterocycles. The number of aromatic nitrogens is 2. The summed E-state index contributed by atoms with van der Waals surface area (Å²) in [5, 5.41) is 3.27. The average Bonchev–Trinajstić information content (AvgIpc) is 3.11. The Morgan fingerprint density at radius 3 is 2.53 bits per heavy atom. The molecule has 0 radical (unpaired) electrons. The van der Waals surface area contributed by atoms with Crippen LogP contribution in [-0.2, 0) is 18.3 Å². The molecule has 1 N–H and O–H groups in total. The summed E-state index contributed by atoms with van der Waals surface area (Å²) >= 11 is 0. The third-order valence-corrected chi connectivity index (χ3v) is 4.21. The molecule has 92 valence electrons. The van der Waals surface area contributed by atoms with Gasteiger partial charge in [-0.15, -0.1) is 0 Å². The first-order chi connectivity index (χ1) is 8.23. The van der Waals surface area contributed by atoms with Crippen LogP contribution in [0.25, 0.3) is 0 Å². The minimum Gasteiger partial charge on any atom is -0.373 e. The average molecular weight is 231 g/mol. The molecule has 17 heavy (non-hydrogen) atoms. The number of nitrogens with zero attached hydrogens (tertiary/aromatic N) is 2. The van der Waals surface area contributed by atoms with E-state index < -0.39 is 0 Å². The molecular formula is C14H21N3. The number of anilines is 1. The van der Waals surface area contributed by atoms with Gasteiger partial charge in [0.2, 0.25) is 0 Å². The van der Waals surface area contributed by atoms with Crippen molar-refractivity contribution in [1.82, 2.24) is 9.97 Å². The highest BCUT2D eigenvalue weighted by Gasteiger charge is 2.42. The van der Waals surface area contributed by atoms with Crippen molar-refractivity contribution in [1.29, 1.82) is 0 Å². The summed E-state index contributed by atoms with van der Waals surface area (Å²) in [6, 6.07) is 0. The SMILES string of the molecule is CNc1nc(C2(C)CC2)nc2c1CCCCC2. The van der Waals surface area contributed by atoms with Gasteiger partial charge in [0, 0.05) is 23.7 Å². The molecule has 0 spiro atoms. The third-order valence-electron chi connectivity index (χ3n) is 4.21. The van der Waals surface area contributed by atoms with E-state index in [-0.39, 0.29) is 5.41 Å². The van der Waals surface area contributed by atoms with E-state index in [1.54, 1.807) is 0 Å². The molecule has 0 aliphatic heterocycles. The lowest BCUT2D eigenvalue weighted by atomic mass is 10.1. The summed E-state index contributed by atoms with van der Waals surface area (Å²) in [6.07, 6.45) is 8.65. The number of hydrogen-bond donors (Lipinski definition) is 1. The minimum absolute atomic E-state index is 0.271. The number of aryl methyl sites for hydroxylation is 1. The molecular weight excluding hydrogens is 210 g/mol. The van der Waals surface area contributed by atoms with E-state index in [2.05, 4.69) is 12.2 Å². The maximum absolute atomic E-state index is 4.86. The highest BCUT2D eigenvalue weighted by atomic mass is 15.0. The van der Waals surface area contributed by atoms with Crippen molar-refractivity contribution in [2.45, 2.75) is 57.3 Å². The van der Waals surface area contributed by atoms with E-state index in [0.717, 1.165) is 24.5 Å². The van der Waals surface area contributed by atoms with Crippen LogP contribution in [0, 0.1) is 0 Å². The van der Waals surface area contributed by atoms with E-state index in [4.69, 9.17) is 9.97 Å². The zero-order chi connectivity index (χ0) is 11.9. The Bertz CT molecular complexity index is 435. The quantitative estimate of drug-likeness (QED) is 0.795. The van der Waals surface area contributed by atoms with E-state index in [1.165, 1.54) is 43.4 Å².